The van der Waals surface area contributed by atoms with Gasteiger partial charge in [0.05, 0.1) is 6.61 Å². The first-order chi connectivity index (χ1) is 8.06. The molecule has 1 amide bonds. The molecule has 0 saturated heterocycles. The molecule has 3 N–H and O–H groups in total. The molecule has 0 aliphatic heterocycles. The van der Waals surface area contributed by atoms with Gasteiger partial charge in [-0.25, -0.2) is 4.79 Å². The van der Waals surface area contributed by atoms with E-state index >= 15 is 0 Å². The fraction of sp³-hybridized carbons (Fsp3) is 0.364. The van der Waals surface area contributed by atoms with Gasteiger partial charge >= 0.3 is 5.97 Å². The Bertz CT molecular complexity index is 420. The number of nitrogens with zero attached hydrogens (tertiary/aromatic N) is 1. The van der Waals surface area contributed by atoms with Crippen molar-refractivity contribution in [2.75, 3.05) is 11.9 Å². The summed E-state index contributed by atoms with van der Waals surface area (Å²) in [4.78, 5) is 26.8. The van der Waals surface area contributed by atoms with Gasteiger partial charge in [-0.15, -0.1) is 0 Å². The molecule has 0 aromatic carbocycles. The summed E-state index contributed by atoms with van der Waals surface area (Å²) in [6.45, 7) is 3.63. The maximum atomic E-state index is 11.6. The van der Waals surface area contributed by atoms with Crippen molar-refractivity contribution in [3.63, 3.8) is 0 Å². The van der Waals surface area contributed by atoms with Gasteiger partial charge in [0.1, 0.15) is 0 Å². The molecule has 6 heteroatoms. The van der Waals surface area contributed by atoms with Crippen molar-refractivity contribution in [2.24, 2.45) is 5.73 Å². The van der Waals surface area contributed by atoms with Gasteiger partial charge < -0.3 is 15.8 Å². The molecule has 0 aliphatic rings. The molecule has 1 heterocycles. The number of pyridine rings is 1. The Labute approximate surface area is 99.2 Å². The topological polar surface area (TPSA) is 94.3 Å². The van der Waals surface area contributed by atoms with Gasteiger partial charge in [-0.1, -0.05) is 0 Å². The molecule has 0 fully saturated rings. The van der Waals surface area contributed by atoms with E-state index in [0.717, 1.165) is 5.56 Å². The van der Waals surface area contributed by atoms with Crippen LogP contribution in [0.4, 0.5) is 5.69 Å². The van der Waals surface area contributed by atoms with E-state index in [0.29, 0.717) is 5.69 Å². The van der Waals surface area contributed by atoms with Crippen LogP contribution < -0.4 is 11.1 Å². The van der Waals surface area contributed by atoms with Crippen molar-refractivity contribution >= 4 is 17.6 Å². The lowest BCUT2D eigenvalue weighted by Gasteiger charge is -2.12. The van der Waals surface area contributed by atoms with Crippen LogP contribution in [0.2, 0.25) is 0 Å². The minimum atomic E-state index is -1.32. The van der Waals surface area contributed by atoms with E-state index in [4.69, 9.17) is 5.73 Å². The number of esters is 1. The maximum absolute atomic E-state index is 11.6. The molecule has 0 aliphatic carbocycles. The number of hydrogen-bond acceptors (Lipinski definition) is 5. The second-order valence-electron chi connectivity index (χ2n) is 3.41. The highest BCUT2D eigenvalue weighted by Gasteiger charge is 2.23. The molecule has 0 radical (unpaired) electrons. The lowest BCUT2D eigenvalue weighted by atomic mass is 10.2. The van der Waals surface area contributed by atoms with Gasteiger partial charge in [-0.05, 0) is 25.5 Å². The molecule has 0 saturated carbocycles. The minimum Gasteiger partial charge on any atom is -0.464 e. The van der Waals surface area contributed by atoms with E-state index in [2.05, 4.69) is 15.0 Å². The second kappa shape index (κ2) is 5.95. The molecule has 92 valence electrons. The van der Waals surface area contributed by atoms with Crippen LogP contribution in [0, 0.1) is 6.92 Å². The van der Waals surface area contributed by atoms with E-state index in [9.17, 15) is 9.59 Å². The average Bonchev–Trinajstić information content (AvgIpc) is 2.31. The summed E-state index contributed by atoms with van der Waals surface area (Å²) in [5, 5.41) is 2.54. The first-order valence-corrected chi connectivity index (χ1v) is 5.20. The van der Waals surface area contributed by atoms with Crippen LogP contribution in [0.25, 0.3) is 0 Å². The first kappa shape index (κ1) is 13.1. The zero-order chi connectivity index (χ0) is 12.8. The number of nitrogens with two attached hydrogens (primary N) is 1. The summed E-state index contributed by atoms with van der Waals surface area (Å²) in [5.41, 5.74) is 6.81. The number of rotatable bonds is 4. The highest BCUT2D eigenvalue weighted by atomic mass is 16.5. The van der Waals surface area contributed by atoms with E-state index in [1.807, 2.05) is 0 Å². The van der Waals surface area contributed by atoms with Crippen LogP contribution >= 0.6 is 0 Å². The van der Waals surface area contributed by atoms with Gasteiger partial charge in [0.15, 0.2) is 6.04 Å². The number of amides is 1. The molecular formula is C11H15N3O3. The van der Waals surface area contributed by atoms with Crippen LogP contribution in [0.3, 0.4) is 0 Å². The van der Waals surface area contributed by atoms with Crippen molar-refractivity contribution in [1.82, 2.24) is 4.98 Å². The Morgan fingerprint density at radius 2 is 2.29 bits per heavy atom. The Morgan fingerprint density at radius 1 is 1.59 bits per heavy atom. The smallest absolute Gasteiger partial charge is 0.332 e. The highest BCUT2D eigenvalue weighted by molar-refractivity contribution is 6.08. The number of ether oxygens (including phenoxy) is 1. The third-order valence-electron chi connectivity index (χ3n) is 2.10. The van der Waals surface area contributed by atoms with Crippen LogP contribution in [0.5, 0.6) is 0 Å². The molecule has 0 bridgehead atoms. The van der Waals surface area contributed by atoms with Gasteiger partial charge in [0.25, 0.3) is 5.91 Å². The Balaban J connectivity index is 2.67. The number of aromatic nitrogens is 1. The summed E-state index contributed by atoms with van der Waals surface area (Å²) in [6, 6.07) is 0.313. The van der Waals surface area contributed by atoms with Crippen LogP contribution in [-0.4, -0.2) is 29.5 Å². The Hall–Kier alpha value is -1.95. The second-order valence-corrected chi connectivity index (χ2v) is 3.41. The summed E-state index contributed by atoms with van der Waals surface area (Å²) < 4.78 is 4.66. The Morgan fingerprint density at radius 3 is 2.88 bits per heavy atom. The van der Waals surface area contributed by atoms with E-state index < -0.39 is 17.9 Å². The van der Waals surface area contributed by atoms with Crippen LogP contribution in [0.15, 0.2) is 18.5 Å². The zero-order valence-corrected chi connectivity index (χ0v) is 9.77. The van der Waals surface area contributed by atoms with Gasteiger partial charge in [0, 0.05) is 18.1 Å². The third-order valence-corrected chi connectivity index (χ3v) is 2.10. The van der Waals surface area contributed by atoms with Crippen LogP contribution in [0.1, 0.15) is 12.5 Å². The van der Waals surface area contributed by atoms with E-state index in [1.54, 1.807) is 32.3 Å². The first-order valence-electron chi connectivity index (χ1n) is 5.20. The van der Waals surface area contributed by atoms with E-state index in [1.165, 1.54) is 0 Å². The van der Waals surface area contributed by atoms with E-state index in [-0.39, 0.29) is 6.61 Å². The minimum absolute atomic E-state index is 0.189. The average molecular weight is 237 g/mol. The number of hydrogen-bond donors (Lipinski definition) is 2. The van der Waals surface area contributed by atoms with Crippen molar-refractivity contribution in [3.05, 3.63) is 24.0 Å². The van der Waals surface area contributed by atoms with Crippen molar-refractivity contribution in [2.45, 2.75) is 19.9 Å². The largest absolute Gasteiger partial charge is 0.464 e. The summed E-state index contributed by atoms with van der Waals surface area (Å²) in [7, 11) is 0. The zero-order valence-electron chi connectivity index (χ0n) is 9.77. The molecule has 1 atom stereocenters. The highest BCUT2D eigenvalue weighted by Crippen LogP contribution is 2.11. The molecule has 1 rings (SSSR count). The molecular weight excluding hydrogens is 222 g/mol. The molecule has 1 aromatic heterocycles. The monoisotopic (exact) mass is 237 g/mol. The number of aryl methyl sites for hydroxylation is 1. The maximum Gasteiger partial charge on any atom is 0.332 e. The SMILES string of the molecule is CCOC(=O)C(N)C(=O)Nc1ccncc1C. The lowest BCUT2D eigenvalue weighted by molar-refractivity contribution is -0.146. The number of carbonyl (C=O) groups excluding carboxylic acids is 2. The van der Waals surface area contributed by atoms with Crippen molar-refractivity contribution in [1.29, 1.82) is 0 Å². The number of nitrogens with one attached hydrogen (secondary N) is 1. The predicted molar refractivity (Wildman–Crippen MR) is 62.2 cm³/mol. The summed E-state index contributed by atoms with van der Waals surface area (Å²) in [6.07, 6.45) is 3.14. The molecule has 0 spiro atoms. The summed E-state index contributed by atoms with van der Waals surface area (Å²) >= 11 is 0. The number of anilines is 1. The molecule has 6 nitrogen and oxygen atoms in total. The van der Waals surface area contributed by atoms with Crippen molar-refractivity contribution < 1.29 is 14.3 Å². The van der Waals surface area contributed by atoms with Gasteiger partial charge in [-0.3, -0.25) is 9.78 Å². The fourth-order valence-corrected chi connectivity index (χ4v) is 1.16. The number of carbonyl (C=O) groups is 2. The van der Waals surface area contributed by atoms with Gasteiger partial charge in [0.2, 0.25) is 0 Å². The summed E-state index contributed by atoms with van der Waals surface area (Å²) in [5.74, 6) is -1.34. The predicted octanol–water partition coefficient (Wildman–Crippen LogP) is 0.219. The van der Waals surface area contributed by atoms with Crippen LogP contribution in [-0.2, 0) is 14.3 Å². The fourth-order valence-electron chi connectivity index (χ4n) is 1.16. The lowest BCUT2D eigenvalue weighted by Crippen LogP contribution is -2.43. The molecule has 1 unspecified atom stereocenters. The third kappa shape index (κ3) is 3.53. The van der Waals surface area contributed by atoms with Gasteiger partial charge in [-0.2, -0.15) is 0 Å². The Kier molecular flexibility index (Phi) is 4.59. The quantitative estimate of drug-likeness (QED) is 0.577. The molecule has 17 heavy (non-hydrogen) atoms. The van der Waals surface area contributed by atoms with Crippen molar-refractivity contribution in [3.8, 4) is 0 Å². The normalized spacial score (nSPS) is 11.7. The standard InChI is InChI=1S/C11H15N3O3/c1-3-17-11(16)9(12)10(15)14-8-4-5-13-6-7(8)2/h4-6,9H,3,12H2,1-2H3,(H,13,14,15). The molecule has 1 aromatic rings.